The van der Waals surface area contributed by atoms with E-state index in [-0.39, 0.29) is 12.5 Å². The van der Waals surface area contributed by atoms with E-state index in [1.54, 1.807) is 0 Å². The third-order valence-corrected chi connectivity index (χ3v) is 5.20. The molecule has 0 aliphatic heterocycles. The quantitative estimate of drug-likeness (QED) is 0.378. The van der Waals surface area contributed by atoms with Crippen LogP contribution in [0.2, 0.25) is 0 Å². The monoisotopic (exact) mass is 432 g/mol. The molecule has 0 heterocycles. The van der Waals surface area contributed by atoms with E-state index in [0.29, 0.717) is 13.0 Å². The minimum atomic E-state index is -0.567. The van der Waals surface area contributed by atoms with Crippen LogP contribution in [0.4, 0.5) is 5.69 Å². The van der Waals surface area contributed by atoms with Crippen LogP contribution in [0.3, 0.4) is 0 Å². The van der Waals surface area contributed by atoms with Crippen LogP contribution in [-0.4, -0.2) is 36.8 Å². The zero-order chi connectivity index (χ0) is 22.6. The smallest absolute Gasteiger partial charge is 0.228 e. The van der Waals surface area contributed by atoms with Gasteiger partial charge < -0.3 is 20.5 Å². The number of carbonyl (C=O) groups is 1. The summed E-state index contributed by atoms with van der Waals surface area (Å²) < 4.78 is 5.76. The summed E-state index contributed by atoms with van der Waals surface area (Å²) in [6.07, 6.45) is 1.54. The molecular formula is C27H32N2O3. The van der Waals surface area contributed by atoms with Crippen molar-refractivity contribution in [3.05, 3.63) is 95.6 Å². The maximum absolute atomic E-state index is 12.2. The molecule has 0 saturated heterocycles. The van der Waals surface area contributed by atoms with E-state index in [0.717, 1.165) is 42.0 Å². The first-order chi connectivity index (χ1) is 15.6. The van der Waals surface area contributed by atoms with E-state index in [4.69, 9.17) is 4.74 Å². The first kappa shape index (κ1) is 23.5. The lowest BCUT2D eigenvalue weighted by molar-refractivity contribution is -0.115. The van der Waals surface area contributed by atoms with Gasteiger partial charge >= 0.3 is 0 Å². The SMILES string of the molecule is CCc1ccccc1OC[C@@H](O)CNCCc1ccc(NC(=O)Cc2ccccc2)cc1. The third-order valence-electron chi connectivity index (χ3n) is 5.20. The fourth-order valence-electron chi connectivity index (χ4n) is 3.42. The largest absolute Gasteiger partial charge is 0.491 e. The molecule has 3 N–H and O–H groups in total. The molecule has 0 unspecified atom stereocenters. The van der Waals surface area contributed by atoms with E-state index in [2.05, 4.69) is 17.6 Å². The molecule has 3 aromatic rings. The Hall–Kier alpha value is -3.15. The topological polar surface area (TPSA) is 70.6 Å². The van der Waals surface area contributed by atoms with Gasteiger partial charge in [-0.3, -0.25) is 4.79 Å². The van der Waals surface area contributed by atoms with Gasteiger partial charge in [-0.2, -0.15) is 0 Å². The van der Waals surface area contributed by atoms with E-state index in [1.165, 1.54) is 5.56 Å². The van der Waals surface area contributed by atoms with Crippen molar-refractivity contribution in [2.24, 2.45) is 0 Å². The lowest BCUT2D eigenvalue weighted by atomic mass is 10.1. The number of rotatable bonds is 12. The average Bonchev–Trinajstić information content (AvgIpc) is 2.82. The molecule has 168 valence electrons. The normalized spacial score (nSPS) is 11.7. The van der Waals surface area contributed by atoms with Crippen LogP contribution in [0.1, 0.15) is 23.6 Å². The van der Waals surface area contributed by atoms with E-state index in [1.807, 2.05) is 78.9 Å². The summed E-state index contributed by atoms with van der Waals surface area (Å²) in [4.78, 5) is 12.2. The lowest BCUT2D eigenvalue weighted by Gasteiger charge is -2.15. The molecule has 0 aliphatic rings. The molecule has 3 rings (SSSR count). The van der Waals surface area contributed by atoms with Crippen LogP contribution in [0.15, 0.2) is 78.9 Å². The molecule has 3 aromatic carbocycles. The number of aliphatic hydroxyl groups is 1. The Morgan fingerprint density at radius 1 is 0.938 bits per heavy atom. The second-order valence-corrected chi connectivity index (χ2v) is 7.79. The Morgan fingerprint density at radius 2 is 1.66 bits per heavy atom. The summed E-state index contributed by atoms with van der Waals surface area (Å²) in [5, 5.41) is 16.4. The maximum Gasteiger partial charge on any atom is 0.228 e. The van der Waals surface area contributed by atoms with Crippen molar-refractivity contribution in [2.45, 2.75) is 32.3 Å². The molecule has 0 fully saturated rings. The fraction of sp³-hybridized carbons (Fsp3) is 0.296. The van der Waals surface area contributed by atoms with E-state index >= 15 is 0 Å². The molecule has 1 amide bonds. The number of anilines is 1. The number of ether oxygens (including phenoxy) is 1. The van der Waals surface area contributed by atoms with Crippen molar-refractivity contribution < 1.29 is 14.6 Å². The van der Waals surface area contributed by atoms with Gasteiger partial charge in [-0.25, -0.2) is 0 Å². The zero-order valence-electron chi connectivity index (χ0n) is 18.6. The molecule has 5 heteroatoms. The first-order valence-electron chi connectivity index (χ1n) is 11.2. The predicted octanol–water partition coefficient (Wildman–Crippen LogP) is 4.00. The van der Waals surface area contributed by atoms with Crippen molar-refractivity contribution in [3.8, 4) is 5.75 Å². The van der Waals surface area contributed by atoms with E-state index < -0.39 is 6.10 Å². The molecule has 0 radical (unpaired) electrons. The highest BCUT2D eigenvalue weighted by atomic mass is 16.5. The number of benzene rings is 3. The third kappa shape index (κ3) is 7.84. The lowest BCUT2D eigenvalue weighted by Crippen LogP contribution is -2.32. The Kier molecular flexibility index (Phi) is 9.29. The van der Waals surface area contributed by atoms with E-state index in [9.17, 15) is 9.90 Å². The predicted molar refractivity (Wildman–Crippen MR) is 129 cm³/mol. The molecule has 0 bridgehead atoms. The van der Waals surface area contributed by atoms with Gasteiger partial charge in [-0.15, -0.1) is 0 Å². The average molecular weight is 433 g/mol. The van der Waals surface area contributed by atoms with Crippen molar-refractivity contribution in [2.75, 3.05) is 25.0 Å². The van der Waals surface area contributed by atoms with Gasteiger partial charge in [-0.05, 0) is 54.3 Å². The Labute approximate surface area is 190 Å². The number of nitrogens with one attached hydrogen (secondary N) is 2. The van der Waals surface area contributed by atoms with Gasteiger partial charge in [0, 0.05) is 12.2 Å². The van der Waals surface area contributed by atoms with Crippen LogP contribution in [-0.2, 0) is 24.1 Å². The molecule has 0 aliphatic carbocycles. The van der Waals surface area contributed by atoms with Gasteiger partial charge in [0.05, 0.1) is 6.42 Å². The minimum Gasteiger partial charge on any atom is -0.491 e. The Morgan fingerprint density at radius 3 is 2.41 bits per heavy atom. The van der Waals surface area contributed by atoms with Gasteiger partial charge in [0.2, 0.25) is 5.91 Å². The van der Waals surface area contributed by atoms with Crippen molar-refractivity contribution in [3.63, 3.8) is 0 Å². The molecular weight excluding hydrogens is 400 g/mol. The number of carbonyl (C=O) groups excluding carboxylic acids is 1. The second kappa shape index (κ2) is 12.6. The highest BCUT2D eigenvalue weighted by Gasteiger charge is 2.07. The Bertz CT molecular complexity index is 958. The van der Waals surface area contributed by atoms with Gasteiger partial charge in [0.1, 0.15) is 18.5 Å². The minimum absolute atomic E-state index is 0.0246. The maximum atomic E-state index is 12.2. The molecule has 0 aromatic heterocycles. The van der Waals surface area contributed by atoms with Crippen LogP contribution in [0.25, 0.3) is 0 Å². The molecule has 0 spiro atoms. The summed E-state index contributed by atoms with van der Waals surface area (Å²) in [5.74, 6) is 0.813. The van der Waals surface area contributed by atoms with Crippen LogP contribution in [0, 0.1) is 0 Å². The standard InChI is InChI=1S/C27H32N2O3/c1-2-23-10-6-7-11-26(23)32-20-25(30)19-28-17-16-21-12-14-24(15-13-21)29-27(31)18-22-8-4-3-5-9-22/h3-15,25,28,30H,2,16-20H2,1H3,(H,29,31)/t25-/m0/s1. The second-order valence-electron chi connectivity index (χ2n) is 7.79. The molecule has 1 atom stereocenters. The van der Waals surface area contributed by atoms with Gasteiger partial charge in [-0.1, -0.05) is 67.6 Å². The van der Waals surface area contributed by atoms with Gasteiger partial charge in [0.25, 0.3) is 0 Å². The first-order valence-corrected chi connectivity index (χ1v) is 11.2. The summed E-state index contributed by atoms with van der Waals surface area (Å²) in [6.45, 7) is 3.58. The number of amides is 1. The van der Waals surface area contributed by atoms with Gasteiger partial charge in [0.15, 0.2) is 0 Å². The van der Waals surface area contributed by atoms with Crippen molar-refractivity contribution in [1.82, 2.24) is 5.32 Å². The fourth-order valence-corrected chi connectivity index (χ4v) is 3.42. The summed E-state index contributed by atoms with van der Waals surface area (Å²) in [7, 11) is 0. The summed E-state index contributed by atoms with van der Waals surface area (Å²) in [6, 6.07) is 25.5. The molecule has 0 saturated carbocycles. The van der Waals surface area contributed by atoms with Crippen LogP contribution >= 0.6 is 0 Å². The van der Waals surface area contributed by atoms with Crippen LogP contribution in [0.5, 0.6) is 5.75 Å². The highest BCUT2D eigenvalue weighted by molar-refractivity contribution is 5.92. The van der Waals surface area contributed by atoms with Crippen molar-refractivity contribution in [1.29, 1.82) is 0 Å². The summed E-state index contributed by atoms with van der Waals surface area (Å²) in [5.41, 5.74) is 4.10. The number of aliphatic hydroxyl groups excluding tert-OH is 1. The number of hydrogen-bond donors (Lipinski definition) is 3. The number of aryl methyl sites for hydroxylation is 1. The Balaban J connectivity index is 1.33. The molecule has 5 nitrogen and oxygen atoms in total. The summed E-state index contributed by atoms with van der Waals surface area (Å²) >= 11 is 0. The highest BCUT2D eigenvalue weighted by Crippen LogP contribution is 2.18. The number of para-hydroxylation sites is 1. The zero-order valence-corrected chi connectivity index (χ0v) is 18.6. The molecule has 32 heavy (non-hydrogen) atoms. The van der Waals surface area contributed by atoms with Crippen molar-refractivity contribution >= 4 is 11.6 Å². The number of hydrogen-bond acceptors (Lipinski definition) is 4. The van der Waals surface area contributed by atoms with Crippen LogP contribution < -0.4 is 15.4 Å².